The first-order chi connectivity index (χ1) is 11.1. The highest BCUT2D eigenvalue weighted by molar-refractivity contribution is 7.89. The fraction of sp³-hybridized carbons (Fsp3) is 0.375. The van der Waals surface area contributed by atoms with Crippen LogP contribution in [0.25, 0.3) is 0 Å². The van der Waals surface area contributed by atoms with Gasteiger partial charge in [0.1, 0.15) is 6.10 Å². The molecule has 2 heterocycles. The largest absolute Gasteiger partial charge is 0.370 e. The summed E-state index contributed by atoms with van der Waals surface area (Å²) in [5, 5.41) is 0. The lowest BCUT2D eigenvalue weighted by atomic mass is 10.2. The Bertz CT molecular complexity index is 787. The highest BCUT2D eigenvalue weighted by atomic mass is 32.2. The number of hydrogen-bond acceptors (Lipinski definition) is 5. The molecule has 3 rings (SSSR count). The first-order valence-electron chi connectivity index (χ1n) is 7.55. The van der Waals surface area contributed by atoms with Gasteiger partial charge < -0.3 is 4.74 Å². The molecule has 0 amide bonds. The van der Waals surface area contributed by atoms with Gasteiger partial charge >= 0.3 is 0 Å². The second kappa shape index (κ2) is 6.74. The van der Waals surface area contributed by atoms with Gasteiger partial charge in [0.15, 0.2) is 5.82 Å². The number of benzene rings is 1. The molecule has 23 heavy (non-hydrogen) atoms. The number of aromatic nitrogens is 2. The van der Waals surface area contributed by atoms with Gasteiger partial charge in [-0.3, -0.25) is 0 Å². The quantitative estimate of drug-likeness (QED) is 0.906. The molecular formula is C16H19N3O3S. The van der Waals surface area contributed by atoms with Crippen LogP contribution in [-0.2, 0) is 21.3 Å². The zero-order valence-corrected chi connectivity index (χ0v) is 13.7. The summed E-state index contributed by atoms with van der Waals surface area (Å²) in [6, 6.07) is 8.59. The number of nitrogens with one attached hydrogen (secondary N) is 1. The van der Waals surface area contributed by atoms with Crippen LogP contribution in [0.3, 0.4) is 0 Å². The maximum absolute atomic E-state index is 12.4. The summed E-state index contributed by atoms with van der Waals surface area (Å²) in [5.41, 5.74) is 1.34. The summed E-state index contributed by atoms with van der Waals surface area (Å²) in [7, 11) is -3.56. The summed E-state index contributed by atoms with van der Waals surface area (Å²) >= 11 is 0. The Hall–Kier alpha value is -1.83. The zero-order valence-electron chi connectivity index (χ0n) is 12.9. The average Bonchev–Trinajstić information content (AvgIpc) is 3.08. The van der Waals surface area contributed by atoms with Crippen LogP contribution in [-0.4, -0.2) is 25.0 Å². The van der Waals surface area contributed by atoms with E-state index in [2.05, 4.69) is 14.7 Å². The Morgan fingerprint density at radius 3 is 2.87 bits per heavy atom. The Morgan fingerprint density at radius 2 is 2.13 bits per heavy atom. The molecule has 1 aromatic carbocycles. The number of nitrogens with zero attached hydrogens (tertiary/aromatic N) is 2. The zero-order chi connectivity index (χ0) is 16.3. The maximum atomic E-state index is 12.4. The fourth-order valence-corrected chi connectivity index (χ4v) is 3.80. The van der Waals surface area contributed by atoms with E-state index in [0.29, 0.717) is 17.1 Å². The number of aryl methyl sites for hydroxylation is 1. The standard InChI is InChI=1S/C16H19N3O3S/c1-12-5-2-3-7-15(12)23(20,21)18-11-13-8-9-17-16(19-13)14-6-4-10-22-14/h2-3,5,7-9,14,18H,4,6,10-11H2,1H3/t14-/m0/s1. The van der Waals surface area contributed by atoms with Gasteiger partial charge in [-0.1, -0.05) is 18.2 Å². The summed E-state index contributed by atoms with van der Waals surface area (Å²) in [6.45, 7) is 2.62. The van der Waals surface area contributed by atoms with Crippen molar-refractivity contribution in [2.24, 2.45) is 0 Å². The molecular weight excluding hydrogens is 314 g/mol. The lowest BCUT2D eigenvalue weighted by molar-refractivity contribution is 0.105. The molecule has 1 N–H and O–H groups in total. The fourth-order valence-electron chi connectivity index (χ4n) is 2.55. The van der Waals surface area contributed by atoms with E-state index < -0.39 is 10.0 Å². The van der Waals surface area contributed by atoms with Gasteiger partial charge in [-0.25, -0.2) is 23.1 Å². The van der Waals surface area contributed by atoms with Crippen molar-refractivity contribution in [3.8, 4) is 0 Å². The molecule has 7 heteroatoms. The highest BCUT2D eigenvalue weighted by Gasteiger charge is 2.21. The monoisotopic (exact) mass is 333 g/mol. The second-order valence-electron chi connectivity index (χ2n) is 5.50. The van der Waals surface area contributed by atoms with Crippen LogP contribution >= 0.6 is 0 Å². The minimum absolute atomic E-state index is 0.0806. The molecule has 0 radical (unpaired) electrons. The molecule has 1 aliphatic rings. The number of hydrogen-bond donors (Lipinski definition) is 1. The van der Waals surface area contributed by atoms with E-state index in [1.807, 2.05) is 6.07 Å². The molecule has 1 saturated heterocycles. The van der Waals surface area contributed by atoms with Crippen LogP contribution in [0, 0.1) is 6.92 Å². The third-order valence-corrected chi connectivity index (χ3v) is 5.34. The minimum atomic E-state index is -3.56. The van der Waals surface area contributed by atoms with Gasteiger partial charge in [-0.05, 0) is 37.5 Å². The van der Waals surface area contributed by atoms with Crippen molar-refractivity contribution in [2.75, 3.05) is 6.61 Å². The highest BCUT2D eigenvalue weighted by Crippen LogP contribution is 2.25. The Kier molecular flexibility index (Phi) is 4.70. The predicted octanol–water partition coefficient (Wildman–Crippen LogP) is 2.12. The van der Waals surface area contributed by atoms with Gasteiger partial charge in [-0.15, -0.1) is 0 Å². The summed E-state index contributed by atoms with van der Waals surface area (Å²) in [6.07, 6.45) is 3.46. The molecule has 0 aliphatic carbocycles. The molecule has 1 fully saturated rings. The average molecular weight is 333 g/mol. The lowest BCUT2D eigenvalue weighted by Crippen LogP contribution is -2.24. The Morgan fingerprint density at radius 1 is 1.30 bits per heavy atom. The van der Waals surface area contributed by atoms with E-state index in [4.69, 9.17) is 4.74 Å². The van der Waals surface area contributed by atoms with Crippen LogP contribution in [0.1, 0.15) is 36.0 Å². The molecule has 0 bridgehead atoms. The Balaban J connectivity index is 1.73. The summed E-state index contributed by atoms with van der Waals surface area (Å²) in [4.78, 5) is 8.92. The molecule has 1 atom stereocenters. The maximum Gasteiger partial charge on any atom is 0.241 e. The van der Waals surface area contributed by atoms with Gasteiger partial charge in [0.25, 0.3) is 0 Å². The normalized spacial score (nSPS) is 18.2. The minimum Gasteiger partial charge on any atom is -0.370 e. The molecule has 0 spiro atoms. The summed E-state index contributed by atoms with van der Waals surface area (Å²) in [5.74, 6) is 0.620. The van der Waals surface area contributed by atoms with Crippen LogP contribution in [0.15, 0.2) is 41.4 Å². The van der Waals surface area contributed by atoms with Crippen molar-refractivity contribution in [1.82, 2.24) is 14.7 Å². The van der Waals surface area contributed by atoms with E-state index in [-0.39, 0.29) is 17.5 Å². The molecule has 1 aliphatic heterocycles. The van der Waals surface area contributed by atoms with Crippen LogP contribution in [0.4, 0.5) is 0 Å². The second-order valence-corrected chi connectivity index (χ2v) is 7.23. The molecule has 6 nitrogen and oxygen atoms in total. The van der Waals surface area contributed by atoms with E-state index in [0.717, 1.165) is 19.4 Å². The van der Waals surface area contributed by atoms with Crippen molar-refractivity contribution >= 4 is 10.0 Å². The van der Waals surface area contributed by atoms with Gasteiger partial charge in [0, 0.05) is 12.8 Å². The lowest BCUT2D eigenvalue weighted by Gasteiger charge is -2.11. The van der Waals surface area contributed by atoms with Crippen molar-refractivity contribution in [2.45, 2.75) is 37.3 Å². The Labute approximate surface area is 136 Å². The number of rotatable bonds is 5. The van der Waals surface area contributed by atoms with Gasteiger partial charge in [-0.2, -0.15) is 0 Å². The molecule has 0 saturated carbocycles. The topological polar surface area (TPSA) is 81.2 Å². The van der Waals surface area contributed by atoms with Gasteiger partial charge in [0.2, 0.25) is 10.0 Å². The van der Waals surface area contributed by atoms with E-state index in [1.54, 1.807) is 37.4 Å². The van der Waals surface area contributed by atoms with Crippen LogP contribution < -0.4 is 4.72 Å². The van der Waals surface area contributed by atoms with E-state index >= 15 is 0 Å². The van der Waals surface area contributed by atoms with Gasteiger partial charge in [0.05, 0.1) is 17.1 Å². The predicted molar refractivity (Wildman–Crippen MR) is 85.2 cm³/mol. The van der Waals surface area contributed by atoms with E-state index in [1.165, 1.54) is 0 Å². The third kappa shape index (κ3) is 3.74. The first-order valence-corrected chi connectivity index (χ1v) is 9.03. The van der Waals surface area contributed by atoms with Crippen molar-refractivity contribution in [3.05, 3.63) is 53.6 Å². The summed E-state index contributed by atoms with van der Waals surface area (Å²) < 4.78 is 32.9. The smallest absolute Gasteiger partial charge is 0.241 e. The van der Waals surface area contributed by atoms with Crippen molar-refractivity contribution in [1.29, 1.82) is 0 Å². The van der Waals surface area contributed by atoms with Crippen LogP contribution in [0.5, 0.6) is 0 Å². The molecule has 1 aromatic heterocycles. The van der Waals surface area contributed by atoms with Crippen molar-refractivity contribution < 1.29 is 13.2 Å². The molecule has 2 aromatic rings. The van der Waals surface area contributed by atoms with Crippen molar-refractivity contribution in [3.63, 3.8) is 0 Å². The first kappa shape index (κ1) is 16.0. The van der Waals surface area contributed by atoms with E-state index in [9.17, 15) is 8.42 Å². The molecule has 0 unspecified atom stereocenters. The number of ether oxygens (including phenoxy) is 1. The molecule has 122 valence electrons. The third-order valence-electron chi connectivity index (χ3n) is 3.78. The SMILES string of the molecule is Cc1ccccc1S(=O)(=O)NCc1ccnc([C@@H]2CCCO2)n1. The number of sulfonamides is 1. The van der Waals surface area contributed by atoms with Crippen LogP contribution in [0.2, 0.25) is 0 Å².